The highest BCUT2D eigenvalue weighted by Crippen LogP contribution is 2.38. The minimum atomic E-state index is -1.02. The molecule has 4 heteroatoms. The Bertz CT molecular complexity index is 389. The summed E-state index contributed by atoms with van der Waals surface area (Å²) >= 11 is 0. The van der Waals surface area contributed by atoms with Crippen LogP contribution in [0.1, 0.15) is 38.2 Å². The molecule has 17 heavy (non-hydrogen) atoms. The number of fused-ring (bicyclic) bond motifs is 2. The summed E-state index contributed by atoms with van der Waals surface area (Å²) in [5, 5.41) is 7.71. The first-order chi connectivity index (χ1) is 8.17. The topological polar surface area (TPSA) is 29.9 Å². The summed E-state index contributed by atoms with van der Waals surface area (Å²) in [6.45, 7) is 2.90. The van der Waals surface area contributed by atoms with Gasteiger partial charge < -0.3 is 5.32 Å². The molecule has 0 radical (unpaired) electrons. The van der Waals surface area contributed by atoms with E-state index in [1.165, 1.54) is 0 Å². The zero-order valence-corrected chi connectivity index (χ0v) is 10.3. The predicted molar refractivity (Wildman–Crippen MR) is 64.6 cm³/mol. The summed E-state index contributed by atoms with van der Waals surface area (Å²) in [6.07, 6.45) is 7.94. The van der Waals surface area contributed by atoms with E-state index in [1.54, 1.807) is 0 Å². The van der Waals surface area contributed by atoms with Crippen molar-refractivity contribution >= 4 is 0 Å². The van der Waals surface area contributed by atoms with Gasteiger partial charge in [0.25, 0.3) is 0 Å². The number of aryl methyl sites for hydroxylation is 1. The molecule has 1 aromatic rings. The average molecular weight is 237 g/mol. The van der Waals surface area contributed by atoms with E-state index in [4.69, 9.17) is 0 Å². The third-order valence-electron chi connectivity index (χ3n) is 4.09. The van der Waals surface area contributed by atoms with E-state index in [0.29, 0.717) is 31.3 Å². The zero-order chi connectivity index (χ0) is 11.9. The molecule has 0 amide bonds. The monoisotopic (exact) mass is 237 g/mol. The van der Waals surface area contributed by atoms with Gasteiger partial charge in [-0.25, -0.2) is 4.39 Å². The number of piperidine rings is 1. The van der Waals surface area contributed by atoms with E-state index >= 15 is 0 Å². The Morgan fingerprint density at radius 3 is 2.76 bits per heavy atom. The van der Waals surface area contributed by atoms with Gasteiger partial charge in [-0.15, -0.1) is 0 Å². The highest BCUT2D eigenvalue weighted by atomic mass is 19.1. The van der Waals surface area contributed by atoms with E-state index in [0.717, 1.165) is 24.9 Å². The van der Waals surface area contributed by atoms with Crippen LogP contribution in [-0.2, 0) is 13.0 Å². The first-order valence-electron chi connectivity index (χ1n) is 6.63. The molecule has 3 heterocycles. The molecule has 2 aliphatic heterocycles. The van der Waals surface area contributed by atoms with E-state index in [9.17, 15) is 4.39 Å². The van der Waals surface area contributed by atoms with Crippen molar-refractivity contribution in [1.82, 2.24) is 15.1 Å². The second kappa shape index (κ2) is 4.09. The van der Waals surface area contributed by atoms with Crippen LogP contribution in [0.25, 0.3) is 0 Å². The highest BCUT2D eigenvalue weighted by Gasteiger charge is 2.44. The van der Waals surface area contributed by atoms with Crippen LogP contribution in [0.5, 0.6) is 0 Å². The number of nitrogens with zero attached hydrogens (tertiary/aromatic N) is 2. The molecule has 1 N–H and O–H groups in total. The van der Waals surface area contributed by atoms with Crippen LogP contribution in [0.4, 0.5) is 4.39 Å². The van der Waals surface area contributed by atoms with Crippen LogP contribution in [-0.4, -0.2) is 27.5 Å². The fraction of sp³-hybridized carbons (Fsp3) is 0.769. The van der Waals surface area contributed by atoms with Crippen LogP contribution in [0.15, 0.2) is 12.4 Å². The molecule has 2 aliphatic rings. The summed E-state index contributed by atoms with van der Waals surface area (Å²) in [4.78, 5) is 0. The minimum Gasteiger partial charge on any atom is -0.311 e. The van der Waals surface area contributed by atoms with Gasteiger partial charge in [0.1, 0.15) is 5.67 Å². The molecule has 1 aromatic heterocycles. The van der Waals surface area contributed by atoms with Crippen molar-refractivity contribution in [1.29, 1.82) is 0 Å². The fourth-order valence-corrected chi connectivity index (χ4v) is 3.37. The lowest BCUT2D eigenvalue weighted by molar-refractivity contribution is 0.0893. The number of rotatable bonds is 3. The molecule has 0 aliphatic carbocycles. The van der Waals surface area contributed by atoms with E-state index in [1.807, 2.05) is 24.0 Å². The van der Waals surface area contributed by atoms with Gasteiger partial charge in [-0.1, -0.05) is 0 Å². The summed E-state index contributed by atoms with van der Waals surface area (Å²) in [6, 6.07) is 0.806. The first kappa shape index (κ1) is 11.2. The number of hydrogen-bond acceptors (Lipinski definition) is 2. The van der Waals surface area contributed by atoms with Crippen LogP contribution in [0.3, 0.4) is 0 Å². The van der Waals surface area contributed by atoms with Gasteiger partial charge in [0.2, 0.25) is 0 Å². The van der Waals surface area contributed by atoms with Crippen LogP contribution in [0, 0.1) is 0 Å². The van der Waals surface area contributed by atoms with Crippen LogP contribution in [0.2, 0.25) is 0 Å². The molecule has 3 rings (SSSR count). The number of halogens is 1. The first-order valence-corrected chi connectivity index (χ1v) is 6.63. The molecular weight excluding hydrogens is 217 g/mol. The second-order valence-electron chi connectivity index (χ2n) is 5.58. The Morgan fingerprint density at radius 1 is 1.47 bits per heavy atom. The van der Waals surface area contributed by atoms with Gasteiger partial charge in [0.15, 0.2) is 0 Å². The third-order valence-corrected chi connectivity index (χ3v) is 4.09. The Morgan fingerprint density at radius 2 is 2.18 bits per heavy atom. The number of hydrogen-bond donors (Lipinski definition) is 1. The standard InChI is InChI=1S/C13H20FN3/c1-2-17-9-10(8-15-17)5-13(14)6-11-3-4-12(7-13)16-11/h8-9,11-12,16H,2-7H2,1H3. The Labute approximate surface area is 101 Å². The Hall–Kier alpha value is -0.900. The molecule has 3 nitrogen and oxygen atoms in total. The summed E-state index contributed by atoms with van der Waals surface area (Å²) in [5.41, 5.74) is 0.0224. The maximum atomic E-state index is 14.8. The van der Waals surface area contributed by atoms with E-state index < -0.39 is 5.67 Å². The van der Waals surface area contributed by atoms with Gasteiger partial charge in [-0.05, 0) is 38.2 Å². The SMILES string of the molecule is CCn1cc(CC2(F)CC3CCC(C2)N3)cn1. The molecule has 2 fully saturated rings. The molecule has 2 unspecified atom stereocenters. The molecule has 2 atom stereocenters. The maximum absolute atomic E-state index is 14.8. The maximum Gasteiger partial charge on any atom is 0.118 e. The van der Waals surface area contributed by atoms with E-state index in [-0.39, 0.29) is 0 Å². The lowest BCUT2D eigenvalue weighted by Crippen LogP contribution is -2.47. The smallest absolute Gasteiger partial charge is 0.118 e. The Kier molecular flexibility index (Phi) is 2.69. The molecule has 0 saturated carbocycles. The zero-order valence-electron chi connectivity index (χ0n) is 10.3. The average Bonchev–Trinajstić information content (AvgIpc) is 2.85. The number of alkyl halides is 1. The van der Waals surface area contributed by atoms with Crippen LogP contribution >= 0.6 is 0 Å². The van der Waals surface area contributed by atoms with Crippen molar-refractivity contribution in [3.05, 3.63) is 18.0 Å². The highest BCUT2D eigenvalue weighted by molar-refractivity contribution is 5.12. The second-order valence-corrected chi connectivity index (χ2v) is 5.58. The van der Waals surface area contributed by atoms with Crippen LogP contribution < -0.4 is 5.32 Å². The third kappa shape index (κ3) is 2.23. The molecule has 94 valence electrons. The molecule has 2 saturated heterocycles. The van der Waals surface area contributed by atoms with Gasteiger partial charge in [0.05, 0.1) is 6.20 Å². The van der Waals surface area contributed by atoms with Crippen molar-refractivity contribution in [2.24, 2.45) is 0 Å². The van der Waals surface area contributed by atoms with Crippen molar-refractivity contribution in [3.8, 4) is 0 Å². The fourth-order valence-electron chi connectivity index (χ4n) is 3.37. The normalized spacial score (nSPS) is 36.4. The van der Waals surface area contributed by atoms with Crippen molar-refractivity contribution in [2.75, 3.05) is 0 Å². The predicted octanol–water partition coefficient (Wildman–Crippen LogP) is 2.07. The lowest BCUT2D eigenvalue weighted by atomic mass is 9.85. The van der Waals surface area contributed by atoms with Crippen molar-refractivity contribution < 1.29 is 4.39 Å². The number of nitrogens with one attached hydrogen (secondary N) is 1. The lowest BCUT2D eigenvalue weighted by Gasteiger charge is -2.34. The summed E-state index contributed by atoms with van der Waals surface area (Å²) in [5.74, 6) is 0. The van der Waals surface area contributed by atoms with Gasteiger partial charge in [-0.2, -0.15) is 5.10 Å². The minimum absolute atomic E-state index is 0.403. The molecule has 0 aromatic carbocycles. The van der Waals surface area contributed by atoms with Gasteiger partial charge in [0, 0.05) is 31.2 Å². The van der Waals surface area contributed by atoms with Crippen molar-refractivity contribution in [2.45, 2.75) is 63.3 Å². The molecular formula is C13H20FN3. The van der Waals surface area contributed by atoms with E-state index in [2.05, 4.69) is 10.4 Å². The molecule has 0 spiro atoms. The summed E-state index contributed by atoms with van der Waals surface area (Å²) in [7, 11) is 0. The largest absolute Gasteiger partial charge is 0.311 e. The molecule has 2 bridgehead atoms. The van der Waals surface area contributed by atoms with Gasteiger partial charge >= 0.3 is 0 Å². The number of aromatic nitrogens is 2. The van der Waals surface area contributed by atoms with Gasteiger partial charge in [-0.3, -0.25) is 4.68 Å². The quantitative estimate of drug-likeness (QED) is 0.872. The Balaban J connectivity index is 1.71. The van der Waals surface area contributed by atoms with Crippen molar-refractivity contribution in [3.63, 3.8) is 0 Å². The summed E-state index contributed by atoms with van der Waals surface area (Å²) < 4.78 is 16.7.